The second-order valence-electron chi connectivity index (χ2n) is 5.90. The van der Waals surface area contributed by atoms with Gasteiger partial charge in [-0.25, -0.2) is 0 Å². The van der Waals surface area contributed by atoms with E-state index in [9.17, 15) is 4.79 Å². The first-order valence-electron chi connectivity index (χ1n) is 7.77. The summed E-state index contributed by atoms with van der Waals surface area (Å²) in [5, 5.41) is 8.81. The number of hydrogen-bond acceptors (Lipinski definition) is 2. The Labute approximate surface area is 121 Å². The van der Waals surface area contributed by atoms with Gasteiger partial charge in [0.1, 0.15) is 5.78 Å². The van der Waals surface area contributed by atoms with Crippen LogP contribution in [0.3, 0.4) is 0 Å². The van der Waals surface area contributed by atoms with E-state index in [0.29, 0.717) is 17.3 Å². The number of ketones is 1. The zero-order valence-corrected chi connectivity index (χ0v) is 12.3. The number of benzene rings is 1. The molecule has 2 atom stereocenters. The highest BCUT2D eigenvalue weighted by atomic mass is 16.1. The molecule has 0 N–H and O–H groups in total. The second-order valence-corrected chi connectivity index (χ2v) is 5.90. The minimum atomic E-state index is 0.0603. The number of rotatable bonds is 5. The van der Waals surface area contributed by atoms with Crippen molar-refractivity contribution in [2.75, 3.05) is 0 Å². The van der Waals surface area contributed by atoms with Crippen molar-refractivity contribution in [3.05, 3.63) is 35.4 Å². The number of unbranched alkanes of at least 4 members (excludes halogenated alkanes) is 2. The van der Waals surface area contributed by atoms with Crippen molar-refractivity contribution in [3.63, 3.8) is 0 Å². The number of carbonyl (C=O) groups excluding carboxylic acids is 1. The summed E-state index contributed by atoms with van der Waals surface area (Å²) < 4.78 is 0. The van der Waals surface area contributed by atoms with Crippen LogP contribution in [0.4, 0.5) is 0 Å². The lowest BCUT2D eigenvalue weighted by Gasteiger charge is -2.27. The highest BCUT2D eigenvalue weighted by Gasteiger charge is 2.29. The fourth-order valence-corrected chi connectivity index (χ4v) is 3.16. The third-order valence-electron chi connectivity index (χ3n) is 4.40. The largest absolute Gasteiger partial charge is 0.299 e. The van der Waals surface area contributed by atoms with Gasteiger partial charge in [-0.3, -0.25) is 4.79 Å². The van der Waals surface area contributed by atoms with Crippen LogP contribution in [0.2, 0.25) is 0 Å². The smallest absolute Gasteiger partial charge is 0.140 e. The molecule has 0 heterocycles. The Kier molecular flexibility index (Phi) is 5.35. The Hall–Kier alpha value is -1.62. The molecule has 0 bridgehead atoms. The molecule has 0 spiro atoms. The van der Waals surface area contributed by atoms with Crippen molar-refractivity contribution in [2.24, 2.45) is 5.92 Å². The molecular formula is C18H23NO. The fourth-order valence-electron chi connectivity index (χ4n) is 3.16. The van der Waals surface area contributed by atoms with E-state index in [1.54, 1.807) is 0 Å². The molecule has 0 saturated heterocycles. The molecule has 106 valence electrons. The van der Waals surface area contributed by atoms with Crippen molar-refractivity contribution >= 4 is 5.78 Å². The van der Waals surface area contributed by atoms with Crippen LogP contribution < -0.4 is 0 Å². The van der Waals surface area contributed by atoms with Gasteiger partial charge in [-0.2, -0.15) is 5.26 Å². The maximum absolute atomic E-state index is 12.3. The van der Waals surface area contributed by atoms with Gasteiger partial charge in [0.05, 0.1) is 11.6 Å². The maximum Gasteiger partial charge on any atom is 0.140 e. The summed E-state index contributed by atoms with van der Waals surface area (Å²) in [4.78, 5) is 12.3. The van der Waals surface area contributed by atoms with Crippen LogP contribution in [-0.2, 0) is 4.79 Å². The first-order chi connectivity index (χ1) is 9.74. The molecular weight excluding hydrogens is 246 g/mol. The summed E-state index contributed by atoms with van der Waals surface area (Å²) in [5.74, 6) is 1.05. The first kappa shape index (κ1) is 14.8. The van der Waals surface area contributed by atoms with E-state index in [2.05, 4.69) is 13.0 Å². The molecule has 2 nitrogen and oxygen atoms in total. The van der Waals surface area contributed by atoms with Gasteiger partial charge in [0.15, 0.2) is 0 Å². The molecule has 2 rings (SSSR count). The fraction of sp³-hybridized carbons (Fsp3) is 0.556. The Balaban J connectivity index is 1.92. The minimum absolute atomic E-state index is 0.0603. The van der Waals surface area contributed by atoms with Gasteiger partial charge >= 0.3 is 0 Å². The number of nitriles is 1. The third-order valence-corrected chi connectivity index (χ3v) is 4.40. The average molecular weight is 269 g/mol. The van der Waals surface area contributed by atoms with Crippen molar-refractivity contribution < 1.29 is 4.79 Å². The van der Waals surface area contributed by atoms with Crippen LogP contribution in [-0.4, -0.2) is 5.78 Å². The number of Topliss-reactive ketones (excluding diaryl/α,β-unsaturated/α-hetero) is 1. The van der Waals surface area contributed by atoms with Crippen molar-refractivity contribution in [1.29, 1.82) is 5.26 Å². The van der Waals surface area contributed by atoms with Crippen LogP contribution in [0.5, 0.6) is 0 Å². The lowest BCUT2D eigenvalue weighted by atomic mass is 9.76. The lowest BCUT2D eigenvalue weighted by molar-refractivity contribution is -0.123. The molecule has 1 aromatic carbocycles. The summed E-state index contributed by atoms with van der Waals surface area (Å²) >= 11 is 0. The Morgan fingerprint density at radius 2 is 1.95 bits per heavy atom. The van der Waals surface area contributed by atoms with Gasteiger partial charge in [-0.15, -0.1) is 0 Å². The molecule has 0 amide bonds. The highest BCUT2D eigenvalue weighted by molar-refractivity contribution is 5.86. The third kappa shape index (κ3) is 3.70. The van der Waals surface area contributed by atoms with Crippen LogP contribution in [0.25, 0.3) is 0 Å². The van der Waals surface area contributed by atoms with Crippen LogP contribution in [0, 0.1) is 17.2 Å². The monoisotopic (exact) mass is 269 g/mol. The molecule has 1 aromatic rings. The SMILES string of the molecule is CCCCC[C@H]1CC[C@H](c2ccc(C#N)cc2)C(=O)C1. The van der Waals surface area contributed by atoms with Crippen LogP contribution in [0.15, 0.2) is 24.3 Å². The molecule has 2 heteroatoms. The van der Waals surface area contributed by atoms with Crippen LogP contribution >= 0.6 is 0 Å². The van der Waals surface area contributed by atoms with Gasteiger partial charge in [0, 0.05) is 12.3 Å². The topological polar surface area (TPSA) is 40.9 Å². The molecule has 0 aliphatic heterocycles. The zero-order chi connectivity index (χ0) is 14.4. The van der Waals surface area contributed by atoms with E-state index in [4.69, 9.17) is 5.26 Å². The van der Waals surface area contributed by atoms with E-state index in [1.807, 2.05) is 24.3 Å². The van der Waals surface area contributed by atoms with E-state index in [1.165, 1.54) is 32.1 Å². The Morgan fingerprint density at radius 3 is 2.55 bits per heavy atom. The van der Waals surface area contributed by atoms with E-state index in [0.717, 1.165) is 18.4 Å². The van der Waals surface area contributed by atoms with Crippen molar-refractivity contribution in [1.82, 2.24) is 0 Å². The number of carbonyl (C=O) groups is 1. The zero-order valence-electron chi connectivity index (χ0n) is 12.3. The van der Waals surface area contributed by atoms with Crippen molar-refractivity contribution in [2.45, 2.75) is 57.8 Å². The molecule has 0 aromatic heterocycles. The van der Waals surface area contributed by atoms with Crippen molar-refractivity contribution in [3.8, 4) is 6.07 Å². The molecule has 1 aliphatic carbocycles. The van der Waals surface area contributed by atoms with Gasteiger partial charge in [0.25, 0.3) is 0 Å². The normalized spacial score (nSPS) is 22.5. The molecule has 0 unspecified atom stereocenters. The number of hydrogen-bond donors (Lipinski definition) is 0. The quantitative estimate of drug-likeness (QED) is 0.733. The molecule has 20 heavy (non-hydrogen) atoms. The Morgan fingerprint density at radius 1 is 1.20 bits per heavy atom. The van der Waals surface area contributed by atoms with Gasteiger partial charge < -0.3 is 0 Å². The maximum atomic E-state index is 12.3. The Bertz CT molecular complexity index is 483. The predicted octanol–water partition coefficient (Wildman–Crippen LogP) is 4.59. The summed E-state index contributed by atoms with van der Waals surface area (Å²) in [7, 11) is 0. The molecule has 1 saturated carbocycles. The van der Waals surface area contributed by atoms with E-state index >= 15 is 0 Å². The summed E-state index contributed by atoms with van der Waals surface area (Å²) in [6, 6.07) is 9.64. The first-order valence-corrected chi connectivity index (χ1v) is 7.77. The second kappa shape index (κ2) is 7.24. The average Bonchev–Trinajstić information content (AvgIpc) is 2.48. The number of nitrogens with zero attached hydrogens (tertiary/aromatic N) is 1. The molecule has 1 fully saturated rings. The summed E-state index contributed by atoms with van der Waals surface area (Å²) in [6.07, 6.45) is 7.88. The van der Waals surface area contributed by atoms with Crippen LogP contribution in [0.1, 0.15) is 68.9 Å². The van der Waals surface area contributed by atoms with E-state index in [-0.39, 0.29) is 5.92 Å². The summed E-state index contributed by atoms with van der Waals surface area (Å²) in [6.45, 7) is 2.22. The standard InChI is InChI=1S/C18H23NO/c1-2-3-4-5-14-8-11-17(18(20)12-14)16-9-6-15(13-19)7-10-16/h6-7,9-10,14,17H,2-5,8,11-12H2,1H3/t14-,17+/m0/s1. The molecule has 0 radical (unpaired) electrons. The molecule has 1 aliphatic rings. The van der Waals surface area contributed by atoms with E-state index < -0.39 is 0 Å². The van der Waals surface area contributed by atoms with Gasteiger partial charge in [-0.05, 0) is 36.5 Å². The predicted molar refractivity (Wildman–Crippen MR) is 80.4 cm³/mol. The minimum Gasteiger partial charge on any atom is -0.299 e. The van der Waals surface area contributed by atoms with Gasteiger partial charge in [-0.1, -0.05) is 44.7 Å². The van der Waals surface area contributed by atoms with Gasteiger partial charge in [0.2, 0.25) is 0 Å². The summed E-state index contributed by atoms with van der Waals surface area (Å²) in [5.41, 5.74) is 1.75. The lowest BCUT2D eigenvalue weighted by Crippen LogP contribution is -2.23. The highest BCUT2D eigenvalue weighted by Crippen LogP contribution is 2.35.